The quantitative estimate of drug-likeness (QED) is 0.831. The molecule has 0 saturated carbocycles. The Bertz CT molecular complexity index is 514. The average Bonchev–Trinajstić information content (AvgIpc) is 2.43. The van der Waals surface area contributed by atoms with Crippen molar-refractivity contribution in [1.29, 1.82) is 0 Å². The first-order valence-electron chi connectivity index (χ1n) is 7.17. The van der Waals surface area contributed by atoms with Crippen LogP contribution in [0.25, 0.3) is 0 Å². The zero-order valence-electron chi connectivity index (χ0n) is 12.5. The first-order valence-corrected chi connectivity index (χ1v) is 7.17. The SMILES string of the molecule is Cc1ccc(Oc2ccc(CNCC(C)C)cc2)cc1. The largest absolute Gasteiger partial charge is 0.457 e. The topological polar surface area (TPSA) is 21.3 Å². The van der Waals surface area contributed by atoms with Crippen molar-refractivity contribution in [2.45, 2.75) is 27.3 Å². The van der Waals surface area contributed by atoms with Gasteiger partial charge in [0.25, 0.3) is 0 Å². The maximum Gasteiger partial charge on any atom is 0.127 e. The van der Waals surface area contributed by atoms with E-state index in [1.165, 1.54) is 11.1 Å². The van der Waals surface area contributed by atoms with Gasteiger partial charge in [-0.25, -0.2) is 0 Å². The molecule has 0 unspecified atom stereocenters. The van der Waals surface area contributed by atoms with E-state index < -0.39 is 0 Å². The minimum atomic E-state index is 0.680. The van der Waals surface area contributed by atoms with E-state index in [0.29, 0.717) is 5.92 Å². The van der Waals surface area contributed by atoms with Crippen molar-refractivity contribution in [2.75, 3.05) is 6.54 Å². The lowest BCUT2D eigenvalue weighted by atomic mass is 10.2. The molecule has 0 saturated heterocycles. The minimum Gasteiger partial charge on any atom is -0.457 e. The summed E-state index contributed by atoms with van der Waals surface area (Å²) in [5, 5.41) is 3.44. The van der Waals surface area contributed by atoms with Crippen molar-refractivity contribution in [3.8, 4) is 11.5 Å². The van der Waals surface area contributed by atoms with Crippen LogP contribution in [0.4, 0.5) is 0 Å². The van der Waals surface area contributed by atoms with Crippen molar-refractivity contribution >= 4 is 0 Å². The summed E-state index contributed by atoms with van der Waals surface area (Å²) in [6, 6.07) is 16.4. The normalized spacial score (nSPS) is 10.8. The van der Waals surface area contributed by atoms with E-state index in [1.807, 2.05) is 24.3 Å². The molecule has 0 radical (unpaired) electrons. The van der Waals surface area contributed by atoms with Gasteiger partial charge in [-0.3, -0.25) is 0 Å². The third kappa shape index (κ3) is 4.71. The van der Waals surface area contributed by atoms with E-state index in [2.05, 4.69) is 50.4 Å². The summed E-state index contributed by atoms with van der Waals surface area (Å²) in [5.74, 6) is 2.43. The monoisotopic (exact) mass is 269 g/mol. The van der Waals surface area contributed by atoms with Gasteiger partial charge in [0.1, 0.15) is 11.5 Å². The van der Waals surface area contributed by atoms with E-state index in [9.17, 15) is 0 Å². The highest BCUT2D eigenvalue weighted by Crippen LogP contribution is 2.21. The van der Waals surface area contributed by atoms with Crippen molar-refractivity contribution in [3.63, 3.8) is 0 Å². The van der Waals surface area contributed by atoms with Crippen LogP contribution >= 0.6 is 0 Å². The van der Waals surface area contributed by atoms with E-state index in [-0.39, 0.29) is 0 Å². The standard InChI is InChI=1S/C18H23NO/c1-14(2)12-19-13-16-6-10-18(11-7-16)20-17-8-4-15(3)5-9-17/h4-11,14,19H,12-13H2,1-3H3. The lowest BCUT2D eigenvalue weighted by Crippen LogP contribution is -2.18. The maximum absolute atomic E-state index is 5.81. The van der Waals surface area contributed by atoms with E-state index in [1.54, 1.807) is 0 Å². The Hall–Kier alpha value is -1.80. The molecular formula is C18H23NO. The first-order chi connectivity index (χ1) is 9.63. The van der Waals surface area contributed by atoms with Gasteiger partial charge in [0, 0.05) is 6.54 Å². The number of hydrogen-bond acceptors (Lipinski definition) is 2. The molecule has 1 N–H and O–H groups in total. The molecule has 0 bridgehead atoms. The molecule has 2 heteroatoms. The minimum absolute atomic E-state index is 0.680. The molecule has 0 amide bonds. The van der Waals surface area contributed by atoms with Crippen molar-refractivity contribution < 1.29 is 4.74 Å². The molecule has 2 aromatic carbocycles. The number of aryl methyl sites for hydroxylation is 1. The molecule has 0 aliphatic rings. The summed E-state index contributed by atoms with van der Waals surface area (Å²) in [4.78, 5) is 0. The van der Waals surface area contributed by atoms with Gasteiger partial charge in [0.2, 0.25) is 0 Å². The summed E-state index contributed by atoms with van der Waals surface area (Å²) in [6.45, 7) is 8.45. The Morgan fingerprint density at radius 3 is 2.00 bits per heavy atom. The Balaban J connectivity index is 1.89. The van der Waals surface area contributed by atoms with Crippen molar-refractivity contribution in [1.82, 2.24) is 5.32 Å². The predicted molar refractivity (Wildman–Crippen MR) is 84.2 cm³/mol. The Labute approximate surface area is 121 Å². The Morgan fingerprint density at radius 1 is 0.900 bits per heavy atom. The fourth-order valence-corrected chi connectivity index (χ4v) is 1.92. The summed E-state index contributed by atoms with van der Waals surface area (Å²) >= 11 is 0. The van der Waals surface area contributed by atoms with E-state index in [4.69, 9.17) is 4.74 Å². The summed E-state index contributed by atoms with van der Waals surface area (Å²) in [5.41, 5.74) is 2.52. The van der Waals surface area contributed by atoms with Crippen LogP contribution in [0.3, 0.4) is 0 Å². The Kier molecular flexibility index (Phi) is 5.19. The van der Waals surface area contributed by atoms with E-state index in [0.717, 1.165) is 24.6 Å². The van der Waals surface area contributed by atoms with Gasteiger partial charge >= 0.3 is 0 Å². The molecule has 0 spiro atoms. The van der Waals surface area contributed by atoms with Gasteiger partial charge in [0.15, 0.2) is 0 Å². The van der Waals surface area contributed by atoms with Crippen LogP contribution in [0, 0.1) is 12.8 Å². The van der Waals surface area contributed by atoms with Crippen molar-refractivity contribution in [2.24, 2.45) is 5.92 Å². The molecule has 20 heavy (non-hydrogen) atoms. The van der Waals surface area contributed by atoms with Crippen LogP contribution in [-0.4, -0.2) is 6.54 Å². The summed E-state index contributed by atoms with van der Waals surface area (Å²) in [6.07, 6.45) is 0. The number of nitrogens with one attached hydrogen (secondary N) is 1. The average molecular weight is 269 g/mol. The van der Waals surface area contributed by atoms with Crippen molar-refractivity contribution in [3.05, 3.63) is 59.7 Å². The van der Waals surface area contributed by atoms with Gasteiger partial charge in [-0.1, -0.05) is 43.7 Å². The second-order valence-electron chi connectivity index (χ2n) is 5.58. The van der Waals surface area contributed by atoms with Crippen LogP contribution in [0.2, 0.25) is 0 Å². The smallest absolute Gasteiger partial charge is 0.127 e. The third-order valence-electron chi connectivity index (χ3n) is 3.06. The molecule has 0 heterocycles. The highest BCUT2D eigenvalue weighted by molar-refractivity contribution is 5.34. The fourth-order valence-electron chi connectivity index (χ4n) is 1.92. The van der Waals surface area contributed by atoms with Gasteiger partial charge in [0.05, 0.1) is 0 Å². The second-order valence-corrected chi connectivity index (χ2v) is 5.58. The summed E-state index contributed by atoms with van der Waals surface area (Å²) < 4.78 is 5.81. The molecule has 2 aromatic rings. The Morgan fingerprint density at radius 2 is 1.45 bits per heavy atom. The van der Waals surface area contributed by atoms with Crippen LogP contribution in [0.15, 0.2) is 48.5 Å². The van der Waals surface area contributed by atoms with Crippen LogP contribution in [0.1, 0.15) is 25.0 Å². The molecular weight excluding hydrogens is 246 g/mol. The molecule has 0 aromatic heterocycles. The van der Waals surface area contributed by atoms with Gasteiger partial charge in [-0.05, 0) is 49.2 Å². The third-order valence-corrected chi connectivity index (χ3v) is 3.06. The molecule has 2 rings (SSSR count). The number of ether oxygens (including phenoxy) is 1. The molecule has 0 aliphatic heterocycles. The maximum atomic E-state index is 5.81. The molecule has 0 aliphatic carbocycles. The van der Waals surface area contributed by atoms with Gasteiger partial charge < -0.3 is 10.1 Å². The predicted octanol–water partition coefficient (Wildman–Crippen LogP) is 4.53. The summed E-state index contributed by atoms with van der Waals surface area (Å²) in [7, 11) is 0. The molecule has 0 atom stereocenters. The van der Waals surface area contributed by atoms with Crippen LogP contribution < -0.4 is 10.1 Å². The first kappa shape index (κ1) is 14.6. The fraction of sp³-hybridized carbons (Fsp3) is 0.333. The zero-order valence-corrected chi connectivity index (χ0v) is 12.5. The zero-order chi connectivity index (χ0) is 14.4. The number of benzene rings is 2. The number of rotatable bonds is 6. The molecule has 2 nitrogen and oxygen atoms in total. The lowest BCUT2D eigenvalue weighted by molar-refractivity contribution is 0.482. The highest BCUT2D eigenvalue weighted by atomic mass is 16.5. The van der Waals surface area contributed by atoms with Gasteiger partial charge in [-0.15, -0.1) is 0 Å². The second kappa shape index (κ2) is 7.11. The van der Waals surface area contributed by atoms with Crippen LogP contribution in [-0.2, 0) is 6.54 Å². The molecule has 106 valence electrons. The molecule has 0 fully saturated rings. The lowest BCUT2D eigenvalue weighted by Gasteiger charge is -2.09. The highest BCUT2D eigenvalue weighted by Gasteiger charge is 1.99. The number of hydrogen-bond donors (Lipinski definition) is 1. The van der Waals surface area contributed by atoms with Crippen LogP contribution in [0.5, 0.6) is 11.5 Å². The van der Waals surface area contributed by atoms with Gasteiger partial charge in [-0.2, -0.15) is 0 Å². The van der Waals surface area contributed by atoms with E-state index >= 15 is 0 Å².